The summed E-state index contributed by atoms with van der Waals surface area (Å²) in [6, 6.07) is 2.68. The molecule has 5 heteroatoms. The minimum Gasteiger partial charge on any atom is -0.338 e. The van der Waals surface area contributed by atoms with E-state index in [2.05, 4.69) is 29.8 Å². The number of rotatable bonds is 3. The molecule has 3 nitrogen and oxygen atoms in total. The summed E-state index contributed by atoms with van der Waals surface area (Å²) in [4.78, 5) is 14.0. The fraction of sp³-hybridized carbons (Fsp3) is 0.600. The first-order valence-electron chi connectivity index (χ1n) is 7.45. The second-order valence-electron chi connectivity index (χ2n) is 5.35. The summed E-state index contributed by atoms with van der Waals surface area (Å²) in [6.45, 7) is 5.44. The Hall–Kier alpha value is -0.870. The maximum atomic E-state index is 6.37. The van der Waals surface area contributed by atoms with Crippen LogP contribution in [0, 0.1) is 0 Å². The smallest absolute Gasteiger partial charge is 0.228 e. The van der Waals surface area contributed by atoms with E-state index in [1.165, 1.54) is 24.1 Å². The van der Waals surface area contributed by atoms with Crippen molar-refractivity contribution in [2.24, 2.45) is 0 Å². The van der Waals surface area contributed by atoms with Gasteiger partial charge in [-0.3, -0.25) is 0 Å². The summed E-state index contributed by atoms with van der Waals surface area (Å²) < 4.78 is 0. The van der Waals surface area contributed by atoms with Crippen LogP contribution in [0.1, 0.15) is 44.4 Å². The Morgan fingerprint density at radius 1 is 1.35 bits per heavy atom. The lowest BCUT2D eigenvalue weighted by molar-refractivity contribution is 0.443. The molecule has 0 aromatic carbocycles. The number of halogens is 1. The van der Waals surface area contributed by atoms with Crippen molar-refractivity contribution in [3.63, 3.8) is 0 Å². The third-order valence-electron chi connectivity index (χ3n) is 4.09. The number of thiophene rings is 1. The lowest BCUT2D eigenvalue weighted by Crippen LogP contribution is -2.40. The Bertz CT molecular complexity index is 610. The third-order valence-corrected chi connectivity index (χ3v) is 5.55. The van der Waals surface area contributed by atoms with Crippen molar-refractivity contribution in [2.45, 2.75) is 52.0 Å². The first-order valence-corrected chi connectivity index (χ1v) is 8.65. The Balaban J connectivity index is 2.02. The Morgan fingerprint density at radius 3 is 2.95 bits per heavy atom. The van der Waals surface area contributed by atoms with Crippen molar-refractivity contribution in [3.8, 4) is 0 Å². The van der Waals surface area contributed by atoms with E-state index in [1.807, 2.05) is 0 Å². The van der Waals surface area contributed by atoms with Gasteiger partial charge in [0.05, 0.1) is 0 Å². The molecule has 1 fully saturated rings. The van der Waals surface area contributed by atoms with Crippen molar-refractivity contribution in [2.75, 3.05) is 11.4 Å². The van der Waals surface area contributed by atoms with Gasteiger partial charge in [-0.1, -0.05) is 25.4 Å². The highest BCUT2D eigenvalue weighted by molar-refractivity contribution is 7.18. The molecule has 0 aliphatic carbocycles. The largest absolute Gasteiger partial charge is 0.338 e. The van der Waals surface area contributed by atoms with Crippen molar-refractivity contribution >= 4 is 39.1 Å². The van der Waals surface area contributed by atoms with E-state index >= 15 is 0 Å². The molecular weight excluding hydrogens is 290 g/mol. The van der Waals surface area contributed by atoms with Crippen LogP contribution in [0.5, 0.6) is 0 Å². The lowest BCUT2D eigenvalue weighted by Gasteiger charge is -2.35. The van der Waals surface area contributed by atoms with Crippen molar-refractivity contribution in [1.82, 2.24) is 9.97 Å². The number of hydrogen-bond donors (Lipinski definition) is 0. The number of aryl methyl sites for hydroxylation is 1. The van der Waals surface area contributed by atoms with Gasteiger partial charge >= 0.3 is 0 Å². The number of hydrogen-bond acceptors (Lipinski definition) is 4. The summed E-state index contributed by atoms with van der Waals surface area (Å²) in [5, 5.41) is 1.60. The van der Waals surface area contributed by atoms with Crippen LogP contribution < -0.4 is 4.90 Å². The summed E-state index contributed by atoms with van der Waals surface area (Å²) >= 11 is 8.11. The van der Waals surface area contributed by atoms with Gasteiger partial charge in [-0.2, -0.15) is 0 Å². The van der Waals surface area contributed by atoms with Gasteiger partial charge in [-0.25, -0.2) is 9.97 Å². The molecule has 1 aliphatic heterocycles. The maximum Gasteiger partial charge on any atom is 0.228 e. The van der Waals surface area contributed by atoms with E-state index in [1.54, 1.807) is 11.3 Å². The molecule has 1 unspecified atom stereocenters. The molecule has 0 bridgehead atoms. The van der Waals surface area contributed by atoms with E-state index in [9.17, 15) is 0 Å². The molecule has 2 aromatic rings. The highest BCUT2D eigenvalue weighted by Crippen LogP contribution is 2.32. The Kier molecular flexibility index (Phi) is 4.13. The number of anilines is 1. The van der Waals surface area contributed by atoms with Crippen LogP contribution in [0.4, 0.5) is 5.95 Å². The summed E-state index contributed by atoms with van der Waals surface area (Å²) in [5.41, 5.74) is 0. The third kappa shape index (κ3) is 2.51. The second-order valence-corrected chi connectivity index (χ2v) is 6.82. The predicted molar refractivity (Wildman–Crippen MR) is 87.1 cm³/mol. The van der Waals surface area contributed by atoms with Gasteiger partial charge in [-0.05, 0) is 38.2 Å². The molecule has 0 radical (unpaired) electrons. The molecule has 0 N–H and O–H groups in total. The van der Waals surface area contributed by atoms with Crippen molar-refractivity contribution < 1.29 is 0 Å². The normalized spacial score (nSPS) is 19.8. The monoisotopic (exact) mass is 309 g/mol. The average molecular weight is 310 g/mol. The standard InChI is InChI=1S/C15H20ClN3S/c1-3-10-7-5-6-8-19(10)15-17-13(16)12-9-11(4-2)20-14(12)18-15/h9-10H,3-8H2,1-2H3. The molecule has 108 valence electrons. The molecule has 2 aromatic heterocycles. The molecule has 0 saturated carbocycles. The number of piperidine rings is 1. The van der Waals surface area contributed by atoms with Gasteiger partial charge < -0.3 is 4.90 Å². The molecule has 3 heterocycles. The summed E-state index contributed by atoms with van der Waals surface area (Å²) in [7, 11) is 0. The molecule has 3 rings (SSSR count). The van der Waals surface area contributed by atoms with Crippen LogP contribution >= 0.6 is 22.9 Å². The number of nitrogens with zero attached hydrogens (tertiary/aromatic N) is 3. The van der Waals surface area contributed by atoms with Crippen LogP contribution in [0.25, 0.3) is 10.2 Å². The van der Waals surface area contributed by atoms with E-state index in [-0.39, 0.29) is 0 Å². The predicted octanol–water partition coefficient (Wildman–Crippen LogP) is 4.68. The fourth-order valence-corrected chi connectivity index (χ4v) is 4.16. The Morgan fingerprint density at radius 2 is 2.20 bits per heavy atom. The van der Waals surface area contributed by atoms with E-state index < -0.39 is 0 Å². The molecule has 20 heavy (non-hydrogen) atoms. The van der Waals surface area contributed by atoms with Gasteiger partial charge in [0.25, 0.3) is 0 Å². The lowest BCUT2D eigenvalue weighted by atomic mass is 10.0. The van der Waals surface area contributed by atoms with Crippen LogP contribution in [0.2, 0.25) is 5.15 Å². The SMILES string of the molecule is CCc1cc2c(Cl)nc(N3CCCCC3CC)nc2s1. The molecule has 1 atom stereocenters. The highest BCUT2D eigenvalue weighted by atomic mass is 35.5. The molecular formula is C15H20ClN3S. The van der Waals surface area contributed by atoms with E-state index in [0.29, 0.717) is 11.2 Å². The van der Waals surface area contributed by atoms with Crippen molar-refractivity contribution in [1.29, 1.82) is 0 Å². The summed E-state index contributed by atoms with van der Waals surface area (Å²) in [6.07, 6.45) is 5.93. The zero-order valence-corrected chi connectivity index (χ0v) is 13.6. The van der Waals surface area contributed by atoms with Crippen LogP contribution in [-0.2, 0) is 6.42 Å². The maximum absolute atomic E-state index is 6.37. The van der Waals surface area contributed by atoms with E-state index in [4.69, 9.17) is 16.6 Å². The topological polar surface area (TPSA) is 29.0 Å². The van der Waals surface area contributed by atoms with Crippen LogP contribution in [0.3, 0.4) is 0 Å². The molecule has 1 aliphatic rings. The molecule has 1 saturated heterocycles. The molecule has 0 spiro atoms. The zero-order valence-electron chi connectivity index (χ0n) is 12.0. The number of aromatic nitrogens is 2. The average Bonchev–Trinajstić information content (AvgIpc) is 2.91. The van der Waals surface area contributed by atoms with Crippen LogP contribution in [0.15, 0.2) is 6.07 Å². The van der Waals surface area contributed by atoms with Crippen molar-refractivity contribution in [3.05, 3.63) is 16.1 Å². The van der Waals surface area contributed by atoms with Gasteiger partial charge in [-0.15, -0.1) is 11.3 Å². The van der Waals surface area contributed by atoms with Gasteiger partial charge in [0.2, 0.25) is 5.95 Å². The zero-order chi connectivity index (χ0) is 14.1. The fourth-order valence-electron chi connectivity index (χ4n) is 2.92. The number of fused-ring (bicyclic) bond motifs is 1. The van der Waals surface area contributed by atoms with Gasteiger partial charge in [0, 0.05) is 22.8 Å². The van der Waals surface area contributed by atoms with E-state index in [0.717, 1.165) is 35.6 Å². The quantitative estimate of drug-likeness (QED) is 0.771. The van der Waals surface area contributed by atoms with Gasteiger partial charge in [0.15, 0.2) is 0 Å². The Labute approximate surface area is 129 Å². The first kappa shape index (κ1) is 14.1. The molecule has 0 amide bonds. The van der Waals surface area contributed by atoms with Crippen LogP contribution in [-0.4, -0.2) is 22.6 Å². The highest BCUT2D eigenvalue weighted by Gasteiger charge is 2.24. The second kappa shape index (κ2) is 5.86. The minimum absolute atomic E-state index is 0.558. The van der Waals surface area contributed by atoms with Gasteiger partial charge in [0.1, 0.15) is 9.98 Å². The first-order chi connectivity index (χ1) is 9.72. The summed E-state index contributed by atoms with van der Waals surface area (Å²) in [5.74, 6) is 0.818. The minimum atomic E-state index is 0.558.